The van der Waals surface area contributed by atoms with Crippen LogP contribution in [0.5, 0.6) is 0 Å². The summed E-state index contributed by atoms with van der Waals surface area (Å²) in [5, 5.41) is 0. The van der Waals surface area contributed by atoms with Crippen LogP contribution < -0.4 is 0 Å². The maximum Gasteiger partial charge on any atom is 0.393 e. The summed E-state index contributed by atoms with van der Waals surface area (Å²) >= 11 is 0. The van der Waals surface area contributed by atoms with Crippen LogP contribution in [0.4, 0.5) is 13.2 Å². The van der Waals surface area contributed by atoms with Gasteiger partial charge in [0, 0.05) is 13.0 Å². The van der Waals surface area contributed by atoms with Crippen molar-refractivity contribution in [3.05, 3.63) is 0 Å². The van der Waals surface area contributed by atoms with E-state index in [2.05, 4.69) is 0 Å². The second-order valence-corrected chi connectivity index (χ2v) is 4.70. The molecule has 2 atom stereocenters. The van der Waals surface area contributed by atoms with E-state index in [1.165, 1.54) is 0 Å². The van der Waals surface area contributed by atoms with Crippen LogP contribution >= 0.6 is 0 Å². The van der Waals surface area contributed by atoms with Gasteiger partial charge in [0.15, 0.2) is 0 Å². The van der Waals surface area contributed by atoms with Crippen LogP contribution in [0.2, 0.25) is 0 Å². The average molecular weight is 265 g/mol. The number of nitrogens with zero attached hydrogens (tertiary/aromatic N) is 1. The first-order valence-corrected chi connectivity index (χ1v) is 5.85. The Balaban J connectivity index is 2.27. The number of alkyl halides is 3. The summed E-state index contributed by atoms with van der Waals surface area (Å²) in [6, 6.07) is 0. The molecule has 0 saturated carbocycles. The smallest absolute Gasteiger partial charge is 0.393 e. The third-order valence-electron chi connectivity index (χ3n) is 3.68. The molecule has 7 heteroatoms. The van der Waals surface area contributed by atoms with Crippen LogP contribution in [-0.2, 0) is 14.3 Å². The molecule has 2 aliphatic rings. The van der Waals surface area contributed by atoms with Gasteiger partial charge in [-0.3, -0.25) is 4.79 Å². The predicted molar refractivity (Wildman–Crippen MR) is 54.5 cm³/mol. The number of rotatable bonds is 2. The van der Waals surface area contributed by atoms with E-state index in [1.807, 2.05) is 0 Å². The largest absolute Gasteiger partial charge is 0.464 e. The lowest BCUT2D eigenvalue weighted by molar-refractivity contribution is -0.172. The number of halogens is 3. The van der Waals surface area contributed by atoms with E-state index < -0.39 is 36.1 Å². The minimum atomic E-state index is -4.38. The first kappa shape index (κ1) is 13.2. The molecule has 2 rings (SSSR count). The molecule has 2 fully saturated rings. The zero-order chi connectivity index (χ0) is 13.6. The van der Waals surface area contributed by atoms with Gasteiger partial charge in [0.05, 0.1) is 12.5 Å². The Kier molecular flexibility index (Phi) is 3.03. The fraction of sp³-hybridized carbons (Fsp3) is 0.818. The summed E-state index contributed by atoms with van der Waals surface area (Å²) in [6.07, 6.45) is -4.52. The average Bonchev–Trinajstić information content (AvgIpc) is 2.78. The quantitative estimate of drug-likeness (QED) is 0.711. The molecule has 102 valence electrons. The highest BCUT2D eigenvalue weighted by Gasteiger charge is 2.62. The zero-order valence-corrected chi connectivity index (χ0v) is 9.92. The molecule has 0 bridgehead atoms. The number of hydrogen-bond donors (Lipinski definition) is 0. The molecule has 4 nitrogen and oxygen atoms in total. The first-order chi connectivity index (χ1) is 8.31. The standard InChI is InChI=1S/C11H14F3NO3/c1-2-18-9(17)10-4-3-8(16)15(10)6-7(5-10)11(12,13)14/h7H,2-6H2,1H3/t7-,10-/m0/s1. The lowest BCUT2D eigenvalue weighted by Gasteiger charge is -2.28. The van der Waals surface area contributed by atoms with Crippen LogP contribution in [0.15, 0.2) is 0 Å². The number of ether oxygens (including phenoxy) is 1. The molecule has 2 heterocycles. The van der Waals surface area contributed by atoms with Crippen molar-refractivity contribution in [2.75, 3.05) is 13.2 Å². The number of amides is 1. The fourth-order valence-corrected chi connectivity index (χ4v) is 2.78. The van der Waals surface area contributed by atoms with Gasteiger partial charge in [-0.15, -0.1) is 0 Å². The first-order valence-electron chi connectivity index (χ1n) is 5.85. The van der Waals surface area contributed by atoms with Crippen molar-refractivity contribution in [2.45, 2.75) is 37.9 Å². The minimum absolute atomic E-state index is 0.0965. The molecule has 0 N–H and O–H groups in total. The molecule has 0 aromatic heterocycles. The molecular formula is C11H14F3NO3. The Hall–Kier alpha value is -1.27. The number of carbonyl (C=O) groups excluding carboxylic acids is 2. The summed E-state index contributed by atoms with van der Waals surface area (Å²) in [5.41, 5.74) is -1.38. The van der Waals surface area contributed by atoms with Gasteiger partial charge in [-0.05, 0) is 19.8 Å². The Bertz CT molecular complexity index is 382. The van der Waals surface area contributed by atoms with Gasteiger partial charge in [-0.1, -0.05) is 0 Å². The van der Waals surface area contributed by atoms with Crippen molar-refractivity contribution in [1.82, 2.24) is 4.90 Å². The van der Waals surface area contributed by atoms with Crippen LogP contribution in [0.25, 0.3) is 0 Å². The second kappa shape index (κ2) is 4.13. The van der Waals surface area contributed by atoms with E-state index in [1.54, 1.807) is 6.92 Å². The van der Waals surface area contributed by atoms with Gasteiger partial charge in [0.1, 0.15) is 5.54 Å². The lowest BCUT2D eigenvalue weighted by atomic mass is 9.90. The number of carbonyl (C=O) groups is 2. The molecule has 2 aliphatic heterocycles. The van der Waals surface area contributed by atoms with Crippen molar-refractivity contribution < 1.29 is 27.5 Å². The number of hydrogen-bond acceptors (Lipinski definition) is 3. The van der Waals surface area contributed by atoms with Crippen molar-refractivity contribution in [2.24, 2.45) is 5.92 Å². The highest BCUT2D eigenvalue weighted by molar-refractivity contribution is 5.92. The van der Waals surface area contributed by atoms with Crippen molar-refractivity contribution in [3.63, 3.8) is 0 Å². The van der Waals surface area contributed by atoms with Gasteiger partial charge < -0.3 is 9.64 Å². The maximum absolute atomic E-state index is 12.7. The molecule has 0 radical (unpaired) electrons. The maximum atomic E-state index is 12.7. The highest BCUT2D eigenvalue weighted by Crippen LogP contribution is 2.48. The molecule has 0 aromatic rings. The topological polar surface area (TPSA) is 46.6 Å². The van der Waals surface area contributed by atoms with E-state index in [9.17, 15) is 22.8 Å². The number of fused-ring (bicyclic) bond motifs is 1. The molecule has 0 spiro atoms. The van der Waals surface area contributed by atoms with Crippen molar-refractivity contribution >= 4 is 11.9 Å². The lowest BCUT2D eigenvalue weighted by Crippen LogP contribution is -2.48. The molecule has 18 heavy (non-hydrogen) atoms. The van der Waals surface area contributed by atoms with E-state index in [4.69, 9.17) is 4.74 Å². The van der Waals surface area contributed by atoms with Gasteiger partial charge >= 0.3 is 12.1 Å². The Morgan fingerprint density at radius 3 is 2.78 bits per heavy atom. The van der Waals surface area contributed by atoms with Crippen LogP contribution in [-0.4, -0.2) is 41.6 Å². The summed E-state index contributed by atoms with van der Waals surface area (Å²) in [6.45, 7) is 1.26. The normalized spacial score (nSPS) is 31.7. The predicted octanol–water partition coefficient (Wildman–Crippen LogP) is 1.49. The Morgan fingerprint density at radius 1 is 1.56 bits per heavy atom. The Labute approximate surface area is 102 Å². The van der Waals surface area contributed by atoms with Gasteiger partial charge in [0.25, 0.3) is 0 Å². The molecule has 0 aliphatic carbocycles. The van der Waals surface area contributed by atoms with Crippen molar-refractivity contribution in [1.29, 1.82) is 0 Å². The van der Waals surface area contributed by atoms with Crippen LogP contribution in [0, 0.1) is 5.92 Å². The fourth-order valence-electron chi connectivity index (χ4n) is 2.78. The van der Waals surface area contributed by atoms with E-state index in [0.717, 1.165) is 4.90 Å². The van der Waals surface area contributed by atoms with Gasteiger partial charge in [-0.2, -0.15) is 13.2 Å². The van der Waals surface area contributed by atoms with E-state index >= 15 is 0 Å². The highest BCUT2D eigenvalue weighted by atomic mass is 19.4. The van der Waals surface area contributed by atoms with Crippen LogP contribution in [0.3, 0.4) is 0 Å². The molecular weight excluding hydrogens is 251 g/mol. The van der Waals surface area contributed by atoms with Gasteiger partial charge in [0.2, 0.25) is 5.91 Å². The summed E-state index contributed by atoms with van der Waals surface area (Å²) in [4.78, 5) is 24.5. The summed E-state index contributed by atoms with van der Waals surface area (Å²) in [7, 11) is 0. The van der Waals surface area contributed by atoms with Gasteiger partial charge in [-0.25, -0.2) is 4.79 Å². The minimum Gasteiger partial charge on any atom is -0.464 e. The summed E-state index contributed by atoms with van der Waals surface area (Å²) in [5.74, 6) is -2.73. The van der Waals surface area contributed by atoms with E-state index in [0.29, 0.717) is 0 Å². The third kappa shape index (κ3) is 1.85. The van der Waals surface area contributed by atoms with Crippen LogP contribution in [0.1, 0.15) is 26.2 Å². The molecule has 2 saturated heterocycles. The molecule has 0 aromatic carbocycles. The monoisotopic (exact) mass is 265 g/mol. The number of esters is 1. The SMILES string of the molecule is CCOC(=O)[C@@]12CCC(=O)N1C[C@@H](C(F)(F)F)C2. The second-order valence-electron chi connectivity index (χ2n) is 4.70. The third-order valence-corrected chi connectivity index (χ3v) is 3.68. The molecule has 1 amide bonds. The summed E-state index contributed by atoms with van der Waals surface area (Å²) < 4.78 is 43.0. The van der Waals surface area contributed by atoms with E-state index in [-0.39, 0.29) is 25.9 Å². The Morgan fingerprint density at radius 2 is 2.22 bits per heavy atom. The van der Waals surface area contributed by atoms with Crippen molar-refractivity contribution in [3.8, 4) is 0 Å². The molecule has 0 unspecified atom stereocenters. The zero-order valence-electron chi connectivity index (χ0n) is 9.92.